The zero-order valence-corrected chi connectivity index (χ0v) is 16.2. The van der Waals surface area contributed by atoms with Gasteiger partial charge in [-0.3, -0.25) is 14.7 Å². The number of nitrogens with two attached hydrogens (primary N) is 1. The molecule has 0 spiro atoms. The Morgan fingerprint density at radius 3 is 2.74 bits per heavy atom. The van der Waals surface area contributed by atoms with E-state index in [4.69, 9.17) is 5.73 Å². The first-order valence-electron chi connectivity index (χ1n) is 8.80. The van der Waals surface area contributed by atoms with Crippen molar-refractivity contribution in [1.29, 1.82) is 0 Å². The second-order valence-electron chi connectivity index (χ2n) is 6.94. The summed E-state index contributed by atoms with van der Waals surface area (Å²) in [5.74, 6) is 1.38. The summed E-state index contributed by atoms with van der Waals surface area (Å²) in [5, 5.41) is 12.5. The monoisotopic (exact) mass is 392 g/mol. The summed E-state index contributed by atoms with van der Waals surface area (Å²) < 4.78 is 0. The normalized spacial score (nSPS) is 14.4. The molecule has 0 bridgehead atoms. The third kappa shape index (κ3) is 5.51. The highest BCUT2D eigenvalue weighted by atomic mass is 35.5. The minimum atomic E-state index is -0.627. The van der Waals surface area contributed by atoms with Gasteiger partial charge in [0.2, 0.25) is 11.8 Å². The summed E-state index contributed by atoms with van der Waals surface area (Å²) in [6.07, 6.45) is 2.30. The average molecular weight is 393 g/mol. The molecular weight excluding hydrogens is 368 g/mol. The summed E-state index contributed by atoms with van der Waals surface area (Å²) in [7, 11) is 0. The first-order valence-corrected chi connectivity index (χ1v) is 8.80. The number of rotatable bonds is 7. The van der Waals surface area contributed by atoms with Crippen molar-refractivity contribution in [3.63, 3.8) is 0 Å². The molecular formula is C18H25ClN6O2. The van der Waals surface area contributed by atoms with Crippen LogP contribution >= 0.6 is 12.4 Å². The molecule has 1 atom stereocenters. The molecule has 1 aromatic heterocycles. The van der Waals surface area contributed by atoms with Crippen LogP contribution in [0, 0.1) is 5.92 Å². The van der Waals surface area contributed by atoms with E-state index in [1.165, 1.54) is 0 Å². The van der Waals surface area contributed by atoms with E-state index in [0.29, 0.717) is 17.4 Å². The van der Waals surface area contributed by atoms with Crippen molar-refractivity contribution in [2.75, 3.05) is 11.9 Å². The van der Waals surface area contributed by atoms with Crippen LogP contribution in [0.25, 0.3) is 11.4 Å². The van der Waals surface area contributed by atoms with Crippen LogP contribution < -0.4 is 16.4 Å². The van der Waals surface area contributed by atoms with Gasteiger partial charge in [0, 0.05) is 17.2 Å². The average Bonchev–Trinajstić information content (AvgIpc) is 3.36. The molecule has 1 fully saturated rings. The van der Waals surface area contributed by atoms with Crippen LogP contribution in [0.3, 0.4) is 0 Å². The first kappa shape index (κ1) is 20.9. The number of benzene rings is 1. The molecule has 146 valence electrons. The maximum absolute atomic E-state index is 12.1. The maximum atomic E-state index is 12.1. The Balaban J connectivity index is 0.00000261. The molecule has 0 saturated heterocycles. The number of amides is 2. The van der Waals surface area contributed by atoms with E-state index in [9.17, 15) is 9.59 Å². The first-order chi connectivity index (χ1) is 12.4. The lowest BCUT2D eigenvalue weighted by Crippen LogP contribution is -2.46. The van der Waals surface area contributed by atoms with E-state index in [0.717, 1.165) is 24.2 Å². The van der Waals surface area contributed by atoms with E-state index in [1.54, 1.807) is 12.1 Å². The fraction of sp³-hybridized carbons (Fsp3) is 0.444. The van der Waals surface area contributed by atoms with Gasteiger partial charge in [-0.2, -0.15) is 5.10 Å². The molecule has 1 saturated carbocycles. The number of hydrogen-bond acceptors (Lipinski definition) is 5. The number of anilines is 1. The van der Waals surface area contributed by atoms with Crippen molar-refractivity contribution in [2.24, 2.45) is 11.7 Å². The Morgan fingerprint density at radius 2 is 2.07 bits per heavy atom. The fourth-order valence-corrected chi connectivity index (χ4v) is 2.47. The molecule has 2 amide bonds. The molecule has 0 aliphatic heterocycles. The molecule has 1 aromatic carbocycles. The topological polar surface area (TPSA) is 126 Å². The predicted molar refractivity (Wildman–Crippen MR) is 105 cm³/mol. The number of aromatic nitrogens is 3. The molecule has 9 heteroatoms. The third-order valence-electron chi connectivity index (χ3n) is 4.32. The highest BCUT2D eigenvalue weighted by Gasteiger charge is 2.27. The lowest BCUT2D eigenvalue weighted by molar-refractivity contribution is -0.125. The molecule has 27 heavy (non-hydrogen) atoms. The molecule has 8 nitrogen and oxygen atoms in total. The van der Waals surface area contributed by atoms with Crippen LogP contribution in [0.5, 0.6) is 0 Å². The number of aromatic amines is 1. The number of H-pyrrole nitrogens is 1. The molecule has 0 unspecified atom stereocenters. The Labute approximate surface area is 164 Å². The van der Waals surface area contributed by atoms with Gasteiger partial charge in [0.25, 0.3) is 0 Å². The number of halogens is 1. The highest BCUT2D eigenvalue weighted by Crippen LogP contribution is 2.38. The summed E-state index contributed by atoms with van der Waals surface area (Å²) in [4.78, 5) is 28.4. The Bertz CT molecular complexity index is 803. The maximum Gasteiger partial charge on any atom is 0.243 e. The lowest BCUT2D eigenvalue weighted by atomic mass is 10.1. The molecule has 0 radical (unpaired) electrons. The number of nitrogens with zero attached hydrogens (tertiary/aromatic N) is 2. The molecule has 2 aromatic rings. The summed E-state index contributed by atoms with van der Waals surface area (Å²) in [5.41, 5.74) is 7.18. The van der Waals surface area contributed by atoms with Gasteiger partial charge < -0.3 is 16.4 Å². The quantitative estimate of drug-likeness (QED) is 0.571. The summed E-state index contributed by atoms with van der Waals surface area (Å²) in [6.45, 7) is 3.58. The summed E-state index contributed by atoms with van der Waals surface area (Å²) in [6, 6.07) is 6.67. The second-order valence-corrected chi connectivity index (χ2v) is 6.94. The highest BCUT2D eigenvalue weighted by molar-refractivity contribution is 5.95. The van der Waals surface area contributed by atoms with E-state index in [2.05, 4.69) is 25.8 Å². The van der Waals surface area contributed by atoms with Gasteiger partial charge in [0.1, 0.15) is 5.82 Å². The van der Waals surface area contributed by atoms with Gasteiger partial charge in [-0.15, -0.1) is 12.4 Å². The van der Waals surface area contributed by atoms with E-state index < -0.39 is 6.04 Å². The smallest absolute Gasteiger partial charge is 0.243 e. The lowest BCUT2D eigenvalue weighted by Gasteiger charge is -2.15. The minimum absolute atomic E-state index is 0. The van der Waals surface area contributed by atoms with Crippen molar-refractivity contribution >= 4 is 29.9 Å². The number of carbonyl (C=O) groups excluding carboxylic acids is 2. The zero-order chi connectivity index (χ0) is 18.7. The summed E-state index contributed by atoms with van der Waals surface area (Å²) >= 11 is 0. The third-order valence-corrected chi connectivity index (χ3v) is 4.32. The Kier molecular flexibility index (Phi) is 6.92. The van der Waals surface area contributed by atoms with Gasteiger partial charge in [-0.25, -0.2) is 4.98 Å². The second kappa shape index (κ2) is 8.96. The van der Waals surface area contributed by atoms with Crippen LogP contribution in [0.4, 0.5) is 5.69 Å². The van der Waals surface area contributed by atoms with Crippen molar-refractivity contribution in [1.82, 2.24) is 20.5 Å². The number of nitrogens with one attached hydrogen (secondary N) is 3. The van der Waals surface area contributed by atoms with E-state index in [1.807, 2.05) is 26.0 Å². The van der Waals surface area contributed by atoms with Crippen LogP contribution in [-0.4, -0.2) is 39.6 Å². The van der Waals surface area contributed by atoms with Crippen molar-refractivity contribution in [3.8, 4) is 11.4 Å². The van der Waals surface area contributed by atoms with Gasteiger partial charge in [-0.1, -0.05) is 26.0 Å². The number of carbonyl (C=O) groups is 2. The SMILES string of the molecule is CC(C)[C@H](N)C(=O)NCC(=O)Nc1cccc(-c2n[nH]c(C3CC3)n2)c1.Cl. The minimum Gasteiger partial charge on any atom is -0.346 e. The van der Waals surface area contributed by atoms with Crippen molar-refractivity contribution in [3.05, 3.63) is 30.1 Å². The fourth-order valence-electron chi connectivity index (χ4n) is 2.47. The largest absolute Gasteiger partial charge is 0.346 e. The molecule has 3 rings (SSSR count). The van der Waals surface area contributed by atoms with Gasteiger partial charge in [-0.05, 0) is 30.9 Å². The molecule has 1 aliphatic rings. The van der Waals surface area contributed by atoms with Crippen LogP contribution in [0.1, 0.15) is 38.4 Å². The van der Waals surface area contributed by atoms with Gasteiger partial charge in [0.15, 0.2) is 5.82 Å². The van der Waals surface area contributed by atoms with Crippen LogP contribution in [-0.2, 0) is 9.59 Å². The number of hydrogen-bond donors (Lipinski definition) is 4. The molecule has 1 heterocycles. The van der Waals surface area contributed by atoms with Crippen LogP contribution in [0.2, 0.25) is 0 Å². The zero-order valence-electron chi connectivity index (χ0n) is 15.4. The molecule has 5 N–H and O–H groups in total. The predicted octanol–water partition coefficient (Wildman–Crippen LogP) is 1.81. The molecule has 1 aliphatic carbocycles. The van der Waals surface area contributed by atoms with E-state index in [-0.39, 0.29) is 36.7 Å². The van der Waals surface area contributed by atoms with Crippen LogP contribution in [0.15, 0.2) is 24.3 Å². The Morgan fingerprint density at radius 1 is 1.33 bits per heavy atom. The Hall–Kier alpha value is -2.45. The van der Waals surface area contributed by atoms with E-state index >= 15 is 0 Å². The van der Waals surface area contributed by atoms with Gasteiger partial charge >= 0.3 is 0 Å². The van der Waals surface area contributed by atoms with Gasteiger partial charge in [0.05, 0.1) is 12.6 Å². The van der Waals surface area contributed by atoms with Crippen molar-refractivity contribution < 1.29 is 9.59 Å². The standard InChI is InChI=1S/C18H24N6O2.ClH/c1-10(2)15(19)18(26)20-9-14(25)21-13-5-3-4-12(8-13)17-22-16(23-24-17)11-6-7-11;/h3-5,8,10-11,15H,6-7,9,19H2,1-2H3,(H,20,26)(H,21,25)(H,22,23,24);1H/t15-;/m0./s1. The van der Waals surface area contributed by atoms with Crippen molar-refractivity contribution in [2.45, 2.75) is 38.6 Å².